The highest BCUT2D eigenvalue weighted by Crippen LogP contribution is 1.83. The van der Waals surface area contributed by atoms with E-state index in [9.17, 15) is 4.79 Å². The van der Waals surface area contributed by atoms with Gasteiger partial charge in [0.2, 0.25) is 5.91 Å². The van der Waals surface area contributed by atoms with E-state index in [-0.39, 0.29) is 5.91 Å². The van der Waals surface area contributed by atoms with E-state index in [0.29, 0.717) is 6.54 Å². The summed E-state index contributed by atoms with van der Waals surface area (Å²) in [7, 11) is 1.76. The fourth-order valence-electron chi connectivity index (χ4n) is 0.444. The molecule has 0 atom stereocenters. The Labute approximate surface area is 61.8 Å². The highest BCUT2D eigenvalue weighted by molar-refractivity contribution is 5.72. The van der Waals surface area contributed by atoms with Gasteiger partial charge in [0.15, 0.2) is 0 Å². The van der Waals surface area contributed by atoms with Crippen LogP contribution >= 0.6 is 0 Å². The van der Waals surface area contributed by atoms with Gasteiger partial charge in [-0.05, 0) is 0 Å². The molecule has 2 heteroatoms. The molecule has 1 amide bonds. The van der Waals surface area contributed by atoms with Crippen molar-refractivity contribution in [2.45, 2.75) is 6.92 Å². The number of hydrogen-bond donors (Lipinski definition) is 0. The Kier molecular flexibility index (Phi) is 4.29. The van der Waals surface area contributed by atoms with Crippen LogP contribution in [0.2, 0.25) is 0 Å². The fourth-order valence-corrected chi connectivity index (χ4v) is 0.444. The Morgan fingerprint density at radius 3 is 2.70 bits per heavy atom. The van der Waals surface area contributed by atoms with Gasteiger partial charge in [-0.3, -0.25) is 4.79 Å². The van der Waals surface area contributed by atoms with Gasteiger partial charge in [0, 0.05) is 20.5 Å². The topological polar surface area (TPSA) is 20.3 Å². The van der Waals surface area contributed by atoms with Crippen LogP contribution in [0.3, 0.4) is 0 Å². The normalized spacial score (nSPS) is 9.80. The third kappa shape index (κ3) is 3.89. The average molecular weight is 139 g/mol. The Bertz CT molecular complexity index is 149. The zero-order valence-corrected chi connectivity index (χ0v) is 6.50. The summed E-state index contributed by atoms with van der Waals surface area (Å²) in [6.45, 7) is 5.71. The number of nitrogens with zero attached hydrogens (tertiary/aromatic N) is 1. The van der Waals surface area contributed by atoms with Crippen molar-refractivity contribution in [2.24, 2.45) is 0 Å². The van der Waals surface area contributed by atoms with E-state index < -0.39 is 0 Å². The molecule has 0 heterocycles. The van der Waals surface area contributed by atoms with Crippen LogP contribution in [-0.2, 0) is 4.79 Å². The molecule has 0 spiro atoms. The van der Waals surface area contributed by atoms with Crippen LogP contribution in [-0.4, -0.2) is 24.4 Å². The summed E-state index contributed by atoms with van der Waals surface area (Å²) in [6, 6.07) is 0. The molecule has 0 radical (unpaired) electrons. The van der Waals surface area contributed by atoms with Crippen molar-refractivity contribution >= 4 is 5.91 Å². The maximum atomic E-state index is 10.6. The summed E-state index contributed by atoms with van der Waals surface area (Å²) < 4.78 is 0. The molecule has 0 aromatic heterocycles. The first kappa shape index (κ1) is 8.95. The minimum absolute atomic E-state index is 0.0775. The van der Waals surface area contributed by atoms with Crippen LogP contribution in [0.5, 0.6) is 0 Å². The van der Waals surface area contributed by atoms with E-state index >= 15 is 0 Å². The molecule has 0 aromatic rings. The van der Waals surface area contributed by atoms with Gasteiger partial charge in [-0.2, -0.15) is 0 Å². The van der Waals surface area contributed by atoms with Gasteiger partial charge in [0.1, 0.15) is 0 Å². The second-order valence-corrected chi connectivity index (χ2v) is 2.06. The van der Waals surface area contributed by atoms with E-state index in [2.05, 4.69) is 6.58 Å². The maximum absolute atomic E-state index is 10.6. The molecule has 0 aliphatic rings. The smallest absolute Gasteiger partial charge is 0.219 e. The molecule has 0 aliphatic heterocycles. The highest BCUT2D eigenvalue weighted by Gasteiger charge is 1.95. The Hall–Kier alpha value is -1.05. The molecule has 56 valence electrons. The molecule has 10 heavy (non-hydrogen) atoms. The minimum Gasteiger partial charge on any atom is -0.342 e. The molecule has 0 N–H and O–H groups in total. The Morgan fingerprint density at radius 2 is 2.30 bits per heavy atom. The van der Waals surface area contributed by atoms with Gasteiger partial charge in [0.25, 0.3) is 0 Å². The number of allylic oxidation sites excluding steroid dienone is 2. The number of amides is 1. The molecule has 0 aliphatic carbocycles. The number of likely N-dealkylation sites (N-methyl/N-ethyl adjacent to an activating group) is 1. The summed E-state index contributed by atoms with van der Waals surface area (Å²) in [5, 5.41) is 0. The standard InChI is InChI=1S/C8H13NO/c1-4-5-6-7-9(3)8(2)10/h4-6H,1,7H2,2-3H3/b6-5-. The molecule has 0 unspecified atom stereocenters. The van der Waals surface area contributed by atoms with Gasteiger partial charge in [0.05, 0.1) is 0 Å². The van der Waals surface area contributed by atoms with Crippen molar-refractivity contribution in [3.05, 3.63) is 24.8 Å². The molecule has 0 saturated heterocycles. The first-order chi connectivity index (χ1) is 4.68. The predicted octanol–water partition coefficient (Wildman–Crippen LogP) is 1.21. The lowest BCUT2D eigenvalue weighted by Crippen LogP contribution is -2.23. The van der Waals surface area contributed by atoms with Crippen LogP contribution in [0, 0.1) is 0 Å². The van der Waals surface area contributed by atoms with Gasteiger partial charge >= 0.3 is 0 Å². The second kappa shape index (κ2) is 4.79. The predicted molar refractivity (Wildman–Crippen MR) is 42.6 cm³/mol. The van der Waals surface area contributed by atoms with Crippen molar-refractivity contribution in [3.8, 4) is 0 Å². The molecule has 0 bridgehead atoms. The van der Waals surface area contributed by atoms with Gasteiger partial charge in [-0.25, -0.2) is 0 Å². The van der Waals surface area contributed by atoms with Crippen molar-refractivity contribution in [2.75, 3.05) is 13.6 Å². The third-order valence-electron chi connectivity index (χ3n) is 1.19. The lowest BCUT2D eigenvalue weighted by Gasteiger charge is -2.10. The number of rotatable bonds is 3. The molecule has 0 aromatic carbocycles. The quantitative estimate of drug-likeness (QED) is 0.538. The third-order valence-corrected chi connectivity index (χ3v) is 1.19. The summed E-state index contributed by atoms with van der Waals surface area (Å²) in [6.07, 6.45) is 5.39. The SMILES string of the molecule is C=C/C=C\CN(C)C(C)=O. The lowest BCUT2D eigenvalue weighted by atomic mass is 10.4. The van der Waals surface area contributed by atoms with Crippen LogP contribution in [0.1, 0.15) is 6.92 Å². The first-order valence-electron chi connectivity index (χ1n) is 3.17. The van der Waals surface area contributed by atoms with Crippen LogP contribution < -0.4 is 0 Å². The zero-order valence-electron chi connectivity index (χ0n) is 6.50. The van der Waals surface area contributed by atoms with E-state index in [1.54, 1.807) is 24.9 Å². The van der Waals surface area contributed by atoms with Crippen LogP contribution in [0.15, 0.2) is 24.8 Å². The summed E-state index contributed by atoms with van der Waals surface area (Å²) in [5.41, 5.74) is 0. The lowest BCUT2D eigenvalue weighted by molar-refractivity contribution is -0.127. The first-order valence-corrected chi connectivity index (χ1v) is 3.17. The molecule has 2 nitrogen and oxygen atoms in total. The maximum Gasteiger partial charge on any atom is 0.219 e. The molecular formula is C8H13NO. The van der Waals surface area contributed by atoms with Gasteiger partial charge in [-0.15, -0.1) is 0 Å². The average Bonchev–Trinajstić information content (AvgIpc) is 1.88. The summed E-state index contributed by atoms with van der Waals surface area (Å²) >= 11 is 0. The number of carbonyl (C=O) groups is 1. The largest absolute Gasteiger partial charge is 0.342 e. The number of carbonyl (C=O) groups excluding carboxylic acids is 1. The van der Waals surface area contributed by atoms with Crippen molar-refractivity contribution in [3.63, 3.8) is 0 Å². The molecular weight excluding hydrogens is 126 g/mol. The second-order valence-electron chi connectivity index (χ2n) is 2.06. The zero-order chi connectivity index (χ0) is 7.98. The van der Waals surface area contributed by atoms with Crippen LogP contribution in [0.25, 0.3) is 0 Å². The Morgan fingerprint density at radius 1 is 1.70 bits per heavy atom. The van der Waals surface area contributed by atoms with Crippen molar-refractivity contribution < 1.29 is 4.79 Å². The van der Waals surface area contributed by atoms with E-state index in [4.69, 9.17) is 0 Å². The van der Waals surface area contributed by atoms with E-state index in [1.165, 1.54) is 0 Å². The Balaban J connectivity index is 3.58. The van der Waals surface area contributed by atoms with Gasteiger partial charge in [-0.1, -0.05) is 24.8 Å². The fraction of sp³-hybridized carbons (Fsp3) is 0.375. The van der Waals surface area contributed by atoms with Gasteiger partial charge < -0.3 is 4.90 Å². The van der Waals surface area contributed by atoms with E-state index in [1.807, 2.05) is 12.2 Å². The monoisotopic (exact) mass is 139 g/mol. The van der Waals surface area contributed by atoms with Crippen molar-refractivity contribution in [1.82, 2.24) is 4.90 Å². The van der Waals surface area contributed by atoms with Crippen LogP contribution in [0.4, 0.5) is 0 Å². The van der Waals surface area contributed by atoms with Crippen molar-refractivity contribution in [1.29, 1.82) is 0 Å². The minimum atomic E-state index is 0.0775. The molecule has 0 rings (SSSR count). The summed E-state index contributed by atoms with van der Waals surface area (Å²) in [5.74, 6) is 0.0775. The number of hydrogen-bond acceptors (Lipinski definition) is 1. The highest BCUT2D eigenvalue weighted by atomic mass is 16.2. The molecule has 0 fully saturated rings. The molecule has 0 saturated carbocycles. The summed E-state index contributed by atoms with van der Waals surface area (Å²) in [4.78, 5) is 12.2. The van der Waals surface area contributed by atoms with E-state index in [0.717, 1.165) is 0 Å².